The van der Waals surface area contributed by atoms with Gasteiger partial charge in [0.1, 0.15) is 16.5 Å². The van der Waals surface area contributed by atoms with Gasteiger partial charge in [0.05, 0.1) is 0 Å². The van der Waals surface area contributed by atoms with Gasteiger partial charge in [-0.15, -0.1) is 0 Å². The highest BCUT2D eigenvalue weighted by Crippen LogP contribution is 2.23. The topological polar surface area (TPSA) is 49.4 Å². The van der Waals surface area contributed by atoms with Crippen LogP contribution in [0.2, 0.25) is 0 Å². The molecule has 1 fully saturated rings. The van der Waals surface area contributed by atoms with E-state index in [1.807, 2.05) is 0 Å². The molecule has 1 aliphatic rings. The first kappa shape index (κ1) is 14.4. The highest BCUT2D eigenvalue weighted by molar-refractivity contribution is 7.89. The first-order valence-electron chi connectivity index (χ1n) is 6.07. The lowest BCUT2D eigenvalue weighted by Crippen LogP contribution is -2.44. The average molecular weight is 290 g/mol. The van der Waals surface area contributed by atoms with Crippen molar-refractivity contribution in [1.29, 1.82) is 0 Å². The molecule has 1 aromatic carbocycles. The molecule has 1 saturated heterocycles. The third-order valence-electron chi connectivity index (χ3n) is 3.37. The second-order valence-electron chi connectivity index (χ2n) is 4.58. The average Bonchev–Trinajstić information content (AvgIpc) is 2.38. The Balaban J connectivity index is 2.30. The minimum Gasteiger partial charge on any atom is -0.317 e. The number of benzene rings is 1. The van der Waals surface area contributed by atoms with Gasteiger partial charge in [-0.2, -0.15) is 4.31 Å². The van der Waals surface area contributed by atoms with Gasteiger partial charge in [-0.05, 0) is 38.1 Å². The maximum absolute atomic E-state index is 13.6. The Morgan fingerprint density at radius 1 is 1.26 bits per heavy atom. The molecule has 1 heterocycles. The van der Waals surface area contributed by atoms with Gasteiger partial charge in [0.2, 0.25) is 10.0 Å². The molecule has 1 aliphatic heterocycles. The largest absolute Gasteiger partial charge is 0.317 e. The van der Waals surface area contributed by atoms with E-state index in [1.54, 1.807) is 0 Å². The molecule has 1 aromatic rings. The zero-order valence-electron chi connectivity index (χ0n) is 10.6. The van der Waals surface area contributed by atoms with Gasteiger partial charge in [-0.25, -0.2) is 17.2 Å². The standard InChI is InChI=1S/C12H16F2N2O2S/c1-16(10-4-6-15-7-5-10)19(17,18)12-3-2-9(13)8-11(12)14/h2-3,8,10,15H,4-7H2,1H3. The molecule has 1 N–H and O–H groups in total. The number of sulfonamides is 1. The molecule has 0 radical (unpaired) electrons. The first-order valence-corrected chi connectivity index (χ1v) is 7.51. The first-order chi connectivity index (χ1) is 8.93. The van der Waals surface area contributed by atoms with Crippen LogP contribution in [0.4, 0.5) is 8.78 Å². The Bertz CT molecular complexity index is 557. The number of nitrogens with one attached hydrogen (secondary N) is 1. The van der Waals surface area contributed by atoms with Crippen LogP contribution in [-0.4, -0.2) is 38.9 Å². The molecule has 19 heavy (non-hydrogen) atoms. The SMILES string of the molecule is CN(C1CCNCC1)S(=O)(=O)c1ccc(F)cc1F. The van der Waals surface area contributed by atoms with E-state index in [4.69, 9.17) is 0 Å². The van der Waals surface area contributed by atoms with Crippen LogP contribution < -0.4 is 5.32 Å². The number of halogens is 2. The summed E-state index contributed by atoms with van der Waals surface area (Å²) in [6, 6.07) is 2.35. The van der Waals surface area contributed by atoms with Crippen LogP contribution in [0.5, 0.6) is 0 Å². The molecule has 0 spiro atoms. The molecule has 0 saturated carbocycles. The van der Waals surface area contributed by atoms with E-state index in [2.05, 4.69) is 5.32 Å². The molecule has 106 valence electrons. The molecule has 0 bridgehead atoms. The van der Waals surface area contributed by atoms with Gasteiger partial charge < -0.3 is 5.32 Å². The third kappa shape index (κ3) is 2.93. The molecule has 7 heteroatoms. The monoisotopic (exact) mass is 290 g/mol. The fourth-order valence-corrected chi connectivity index (χ4v) is 3.67. The van der Waals surface area contributed by atoms with Gasteiger partial charge in [0.25, 0.3) is 0 Å². The number of nitrogens with zero attached hydrogens (tertiary/aromatic N) is 1. The van der Waals surface area contributed by atoms with Gasteiger partial charge in [-0.3, -0.25) is 0 Å². The van der Waals surface area contributed by atoms with E-state index >= 15 is 0 Å². The maximum Gasteiger partial charge on any atom is 0.245 e. The summed E-state index contributed by atoms with van der Waals surface area (Å²) in [5.41, 5.74) is 0. The molecule has 4 nitrogen and oxygen atoms in total. The van der Waals surface area contributed by atoms with Gasteiger partial charge in [0.15, 0.2) is 0 Å². The maximum atomic E-state index is 13.6. The fraction of sp³-hybridized carbons (Fsp3) is 0.500. The minimum absolute atomic E-state index is 0.157. The summed E-state index contributed by atoms with van der Waals surface area (Å²) in [6.07, 6.45) is 1.36. The van der Waals surface area contributed by atoms with E-state index in [0.29, 0.717) is 18.9 Å². The fourth-order valence-electron chi connectivity index (χ4n) is 2.21. The molecule has 0 aliphatic carbocycles. The molecule has 2 rings (SSSR count). The Hall–Kier alpha value is -1.05. The van der Waals surface area contributed by atoms with Crippen molar-refractivity contribution in [2.24, 2.45) is 0 Å². The van der Waals surface area contributed by atoms with Gasteiger partial charge >= 0.3 is 0 Å². The van der Waals surface area contributed by atoms with Crippen LogP contribution in [0, 0.1) is 11.6 Å². The Morgan fingerprint density at radius 2 is 1.89 bits per heavy atom. The molecule has 0 aromatic heterocycles. The van der Waals surface area contributed by atoms with E-state index in [1.165, 1.54) is 11.4 Å². The van der Waals surface area contributed by atoms with Crippen molar-refractivity contribution < 1.29 is 17.2 Å². The lowest BCUT2D eigenvalue weighted by atomic mass is 10.1. The van der Waals surface area contributed by atoms with E-state index in [0.717, 1.165) is 25.2 Å². The number of piperidine rings is 1. The molecule has 0 unspecified atom stereocenters. The second kappa shape index (κ2) is 5.52. The van der Waals surface area contributed by atoms with E-state index < -0.39 is 26.6 Å². The summed E-state index contributed by atoms with van der Waals surface area (Å²) in [6.45, 7) is 1.47. The molecule has 0 atom stereocenters. The Labute approximate surface area is 111 Å². The van der Waals surface area contributed by atoms with Crippen molar-refractivity contribution in [1.82, 2.24) is 9.62 Å². The van der Waals surface area contributed by atoms with Crippen LogP contribution >= 0.6 is 0 Å². The smallest absolute Gasteiger partial charge is 0.245 e. The van der Waals surface area contributed by atoms with Gasteiger partial charge in [0, 0.05) is 19.2 Å². The predicted molar refractivity (Wildman–Crippen MR) is 67.2 cm³/mol. The van der Waals surface area contributed by atoms with Gasteiger partial charge in [-0.1, -0.05) is 0 Å². The number of rotatable bonds is 3. The normalized spacial score (nSPS) is 17.9. The summed E-state index contributed by atoms with van der Waals surface area (Å²) >= 11 is 0. The van der Waals surface area contributed by atoms with Crippen molar-refractivity contribution in [3.63, 3.8) is 0 Å². The summed E-state index contributed by atoms with van der Waals surface area (Å²) in [4.78, 5) is -0.477. The molecule has 0 amide bonds. The highest BCUT2D eigenvalue weighted by atomic mass is 32.2. The van der Waals surface area contributed by atoms with Crippen molar-refractivity contribution in [3.8, 4) is 0 Å². The molecular formula is C12H16F2N2O2S. The zero-order valence-corrected chi connectivity index (χ0v) is 11.4. The second-order valence-corrected chi connectivity index (χ2v) is 6.54. The quantitative estimate of drug-likeness (QED) is 0.914. The van der Waals surface area contributed by atoms with E-state index in [-0.39, 0.29) is 6.04 Å². The molecular weight excluding hydrogens is 274 g/mol. The summed E-state index contributed by atoms with van der Waals surface area (Å²) in [5.74, 6) is -1.85. The van der Waals surface area contributed by atoms with Crippen LogP contribution in [0.25, 0.3) is 0 Å². The van der Waals surface area contributed by atoms with Crippen molar-refractivity contribution in [2.75, 3.05) is 20.1 Å². The Kier molecular flexibility index (Phi) is 4.17. The van der Waals surface area contributed by atoms with Crippen molar-refractivity contribution in [3.05, 3.63) is 29.8 Å². The lowest BCUT2D eigenvalue weighted by molar-refractivity contribution is 0.295. The highest BCUT2D eigenvalue weighted by Gasteiger charge is 2.31. The zero-order chi connectivity index (χ0) is 14.0. The third-order valence-corrected chi connectivity index (χ3v) is 5.32. The van der Waals surface area contributed by atoms with Crippen LogP contribution in [0.1, 0.15) is 12.8 Å². The van der Waals surface area contributed by atoms with Crippen LogP contribution in [0.3, 0.4) is 0 Å². The summed E-state index contributed by atoms with van der Waals surface area (Å²) in [7, 11) is -2.48. The Morgan fingerprint density at radius 3 is 2.47 bits per heavy atom. The van der Waals surface area contributed by atoms with Crippen LogP contribution in [-0.2, 0) is 10.0 Å². The van der Waals surface area contributed by atoms with Crippen molar-refractivity contribution >= 4 is 10.0 Å². The number of hydrogen-bond donors (Lipinski definition) is 1. The lowest BCUT2D eigenvalue weighted by Gasteiger charge is -2.30. The van der Waals surface area contributed by atoms with Crippen molar-refractivity contribution in [2.45, 2.75) is 23.8 Å². The van der Waals surface area contributed by atoms with Crippen LogP contribution in [0.15, 0.2) is 23.1 Å². The summed E-state index contributed by atoms with van der Waals surface area (Å²) in [5, 5.41) is 3.13. The number of hydrogen-bond acceptors (Lipinski definition) is 3. The predicted octanol–water partition coefficient (Wildman–Crippen LogP) is 1.34. The summed E-state index contributed by atoms with van der Waals surface area (Å²) < 4.78 is 52.2. The van der Waals surface area contributed by atoms with E-state index in [9.17, 15) is 17.2 Å². The minimum atomic E-state index is -3.92.